The number of hydrogen-bond donors (Lipinski definition) is 2. The zero-order valence-corrected chi connectivity index (χ0v) is 14.6. The number of allylic oxidation sites excluding steroid dienone is 1. The molecule has 1 aromatic rings. The van der Waals surface area contributed by atoms with Crippen molar-refractivity contribution in [3.8, 4) is 0 Å². The van der Waals surface area contributed by atoms with Gasteiger partial charge >= 0.3 is 0 Å². The first-order valence-electron chi connectivity index (χ1n) is 7.54. The second-order valence-corrected chi connectivity index (χ2v) is 6.07. The molecule has 1 saturated heterocycles. The van der Waals surface area contributed by atoms with Crippen LogP contribution in [0.1, 0.15) is 6.92 Å². The molecule has 23 heavy (non-hydrogen) atoms. The van der Waals surface area contributed by atoms with Gasteiger partial charge in [-0.2, -0.15) is 0 Å². The number of halogens is 2. The summed E-state index contributed by atoms with van der Waals surface area (Å²) >= 11 is 12.2. The number of nitrogens with one attached hydrogen (secondary N) is 1. The molecule has 0 bridgehead atoms. The van der Waals surface area contributed by atoms with Crippen molar-refractivity contribution < 1.29 is 10.2 Å². The molecule has 2 rings (SSSR count). The number of benzene rings is 1. The van der Waals surface area contributed by atoms with Gasteiger partial charge in [0.05, 0.1) is 0 Å². The first-order valence-corrected chi connectivity index (χ1v) is 8.29. The first-order chi connectivity index (χ1) is 11.0. The van der Waals surface area contributed by atoms with Crippen molar-refractivity contribution >= 4 is 41.0 Å². The first kappa shape index (κ1) is 17.8. The maximum absolute atomic E-state index is 12.3. The van der Waals surface area contributed by atoms with Crippen LogP contribution < -0.4 is 10.7 Å². The molecule has 0 aliphatic carbocycles. The van der Waals surface area contributed by atoms with E-state index in [2.05, 4.69) is 17.1 Å². The number of amides is 1. The SMILES string of the molecule is CCN1CCN(/C(C=[NH2+])=C(\Cl)C(=O)Nc2cccc(Cl)c2)CC1. The molecule has 3 N–H and O–H groups in total. The minimum Gasteiger partial charge on any atom is -0.363 e. The molecule has 0 spiro atoms. The Morgan fingerprint density at radius 3 is 2.61 bits per heavy atom. The third kappa shape index (κ3) is 4.70. The van der Waals surface area contributed by atoms with Crippen LogP contribution >= 0.6 is 23.2 Å². The maximum Gasteiger partial charge on any atom is 0.269 e. The van der Waals surface area contributed by atoms with Gasteiger partial charge in [0, 0.05) is 36.9 Å². The fourth-order valence-electron chi connectivity index (χ4n) is 2.49. The van der Waals surface area contributed by atoms with Crippen LogP contribution in [0.3, 0.4) is 0 Å². The van der Waals surface area contributed by atoms with Crippen molar-refractivity contribution in [3.63, 3.8) is 0 Å². The smallest absolute Gasteiger partial charge is 0.269 e. The lowest BCUT2D eigenvalue weighted by atomic mass is 10.2. The second-order valence-electron chi connectivity index (χ2n) is 5.25. The molecule has 1 aliphatic heterocycles. The highest BCUT2D eigenvalue weighted by Gasteiger charge is 2.23. The summed E-state index contributed by atoms with van der Waals surface area (Å²) in [6.07, 6.45) is 1.39. The van der Waals surface area contributed by atoms with E-state index in [4.69, 9.17) is 28.6 Å². The third-order valence-electron chi connectivity index (χ3n) is 3.82. The van der Waals surface area contributed by atoms with E-state index >= 15 is 0 Å². The van der Waals surface area contributed by atoms with E-state index in [1.807, 2.05) is 4.90 Å². The van der Waals surface area contributed by atoms with Gasteiger partial charge in [0.15, 0.2) is 6.21 Å². The summed E-state index contributed by atoms with van der Waals surface area (Å²) in [5.41, 5.74) is 1.15. The van der Waals surface area contributed by atoms with Crippen molar-refractivity contribution in [1.29, 1.82) is 0 Å². The summed E-state index contributed by atoms with van der Waals surface area (Å²) in [6, 6.07) is 6.91. The lowest BCUT2D eigenvalue weighted by Gasteiger charge is -2.35. The molecule has 124 valence electrons. The van der Waals surface area contributed by atoms with Crippen LogP contribution in [-0.2, 0) is 4.79 Å². The van der Waals surface area contributed by atoms with Crippen LogP contribution in [0.15, 0.2) is 35.0 Å². The molecule has 1 aromatic carbocycles. The molecule has 0 aromatic heterocycles. The van der Waals surface area contributed by atoms with E-state index in [-0.39, 0.29) is 5.03 Å². The summed E-state index contributed by atoms with van der Waals surface area (Å²) in [4.78, 5) is 16.7. The van der Waals surface area contributed by atoms with Gasteiger partial charge in [0.25, 0.3) is 5.91 Å². The predicted octanol–water partition coefficient (Wildman–Crippen LogP) is 1.20. The number of likely N-dealkylation sites (N-methyl/N-ethyl adjacent to an activating group) is 1. The highest BCUT2D eigenvalue weighted by atomic mass is 35.5. The molecule has 0 unspecified atom stereocenters. The van der Waals surface area contributed by atoms with Gasteiger partial charge in [-0.3, -0.25) is 10.2 Å². The molecule has 7 heteroatoms. The highest BCUT2D eigenvalue weighted by Crippen LogP contribution is 2.19. The Morgan fingerprint density at radius 2 is 2.04 bits per heavy atom. The molecule has 5 nitrogen and oxygen atoms in total. The summed E-state index contributed by atoms with van der Waals surface area (Å²) in [5, 5.41) is 9.06. The lowest BCUT2D eigenvalue weighted by Crippen LogP contribution is -2.48. The summed E-state index contributed by atoms with van der Waals surface area (Å²) in [6.45, 7) is 6.58. The molecule has 1 amide bonds. The van der Waals surface area contributed by atoms with Crippen molar-refractivity contribution in [2.24, 2.45) is 0 Å². The average molecular weight is 356 g/mol. The molecule has 0 saturated carbocycles. The standard InChI is InChI=1S/C16H20Cl2N4O/c1-2-21-6-8-22(9-7-21)14(11-19)15(18)16(23)20-13-5-3-4-12(17)10-13/h3-5,10-11,19H,2,6-9H2,1H3,(H,20,23)/p+1/b15-14-,19-11?. The van der Waals surface area contributed by atoms with Crippen LogP contribution in [0.5, 0.6) is 0 Å². The van der Waals surface area contributed by atoms with Crippen molar-refractivity contribution in [1.82, 2.24) is 9.80 Å². The Bertz CT molecular complexity index is 610. The molecular weight excluding hydrogens is 335 g/mol. The van der Waals surface area contributed by atoms with Crippen LogP contribution in [0.4, 0.5) is 5.69 Å². The second kappa shape index (κ2) is 8.34. The van der Waals surface area contributed by atoms with Gasteiger partial charge in [0.1, 0.15) is 10.7 Å². The van der Waals surface area contributed by atoms with E-state index in [1.165, 1.54) is 6.21 Å². The van der Waals surface area contributed by atoms with Crippen LogP contribution in [-0.4, -0.2) is 54.6 Å². The Labute approximate surface area is 146 Å². The van der Waals surface area contributed by atoms with Crippen LogP contribution in [0.25, 0.3) is 0 Å². The Balaban J connectivity index is 2.10. The number of hydrogen-bond acceptors (Lipinski definition) is 3. The topological polar surface area (TPSA) is 61.2 Å². The fourth-order valence-corrected chi connectivity index (χ4v) is 2.91. The monoisotopic (exact) mass is 355 g/mol. The fraction of sp³-hybridized carbons (Fsp3) is 0.375. The number of carbonyl (C=O) groups is 1. The molecular formula is C16H21Cl2N4O+. The average Bonchev–Trinajstić information content (AvgIpc) is 2.56. The molecule has 1 fully saturated rings. The predicted molar refractivity (Wildman–Crippen MR) is 94.6 cm³/mol. The molecule has 1 aliphatic rings. The molecule has 1 heterocycles. The lowest BCUT2D eigenvalue weighted by molar-refractivity contribution is -0.113. The van der Waals surface area contributed by atoms with Gasteiger partial charge in [0.2, 0.25) is 0 Å². The van der Waals surface area contributed by atoms with E-state index in [0.717, 1.165) is 32.7 Å². The van der Waals surface area contributed by atoms with E-state index in [1.54, 1.807) is 24.3 Å². The molecule has 0 radical (unpaired) electrons. The van der Waals surface area contributed by atoms with Crippen molar-refractivity contribution in [2.75, 3.05) is 38.0 Å². The van der Waals surface area contributed by atoms with Gasteiger partial charge in [-0.1, -0.05) is 36.2 Å². The van der Waals surface area contributed by atoms with Gasteiger partial charge in [-0.15, -0.1) is 0 Å². The quantitative estimate of drug-likeness (QED) is 0.616. The Morgan fingerprint density at radius 1 is 1.35 bits per heavy atom. The number of carbonyl (C=O) groups excluding carboxylic acids is 1. The number of piperazine rings is 1. The largest absolute Gasteiger partial charge is 0.363 e. The van der Waals surface area contributed by atoms with E-state index in [0.29, 0.717) is 16.4 Å². The minimum absolute atomic E-state index is 0.0809. The van der Waals surface area contributed by atoms with Gasteiger partial charge in [-0.25, -0.2) is 0 Å². The van der Waals surface area contributed by atoms with Crippen molar-refractivity contribution in [2.45, 2.75) is 6.92 Å². The summed E-state index contributed by atoms with van der Waals surface area (Å²) in [7, 11) is 0. The zero-order valence-electron chi connectivity index (χ0n) is 13.1. The Hall–Kier alpha value is -1.56. The number of nitrogens with two attached hydrogens (primary N) is 1. The van der Waals surface area contributed by atoms with Crippen LogP contribution in [0.2, 0.25) is 5.02 Å². The summed E-state index contributed by atoms with van der Waals surface area (Å²) < 4.78 is 0. The summed E-state index contributed by atoms with van der Waals surface area (Å²) in [5.74, 6) is -0.399. The minimum atomic E-state index is -0.399. The normalized spacial score (nSPS) is 16.7. The number of rotatable bonds is 5. The van der Waals surface area contributed by atoms with Crippen molar-refractivity contribution in [3.05, 3.63) is 40.0 Å². The van der Waals surface area contributed by atoms with Gasteiger partial charge < -0.3 is 15.1 Å². The highest BCUT2D eigenvalue weighted by molar-refractivity contribution is 6.45. The number of anilines is 1. The maximum atomic E-state index is 12.3. The zero-order chi connectivity index (χ0) is 16.8. The molecule has 0 atom stereocenters. The Kier molecular flexibility index (Phi) is 6.45. The third-order valence-corrected chi connectivity index (χ3v) is 4.43. The van der Waals surface area contributed by atoms with Crippen LogP contribution in [0, 0.1) is 0 Å². The van der Waals surface area contributed by atoms with E-state index in [9.17, 15) is 4.79 Å². The number of nitrogens with zero attached hydrogens (tertiary/aromatic N) is 2. The van der Waals surface area contributed by atoms with Gasteiger partial charge in [-0.05, 0) is 24.7 Å². The van der Waals surface area contributed by atoms with E-state index < -0.39 is 5.91 Å².